The Morgan fingerprint density at radius 1 is 1.06 bits per heavy atom. The second-order valence-corrected chi connectivity index (χ2v) is 9.52. The predicted molar refractivity (Wildman–Crippen MR) is 129 cm³/mol. The SMILES string of the molecule is NC1=NC2CC/C=C\c3ccc4c(c3)C(CC4)NC(=O)c3ccc4c(c3)[C@@H](CCO4)N1C(=O)C2. The number of carbonyl (C=O) groups excluding carboxylic acids is 2. The van der Waals surface area contributed by atoms with Crippen LogP contribution in [0.1, 0.15) is 76.8 Å². The highest BCUT2D eigenvalue weighted by Crippen LogP contribution is 2.39. The molecule has 7 rings (SSSR count). The standard InChI is InChI=1S/C27H28N4O3/c28-27-29-19-4-2-1-3-16-5-6-17-7-9-22(20(17)13-16)30-26(33)18-8-10-24-21(14-18)23(11-12-34-24)31(27)25(32)15-19/h1,3,5-6,8,10,13-14,19,22-23H,2,4,7,9,11-12,15H2,(H2,28,29)(H,30,33)/b3-1-/t19?,22?,23-/m1/s1. The van der Waals surface area contributed by atoms with Crippen molar-refractivity contribution in [2.24, 2.45) is 10.7 Å². The fourth-order valence-corrected chi connectivity index (χ4v) is 5.63. The van der Waals surface area contributed by atoms with Crippen molar-refractivity contribution >= 4 is 23.8 Å². The van der Waals surface area contributed by atoms with Crippen LogP contribution >= 0.6 is 0 Å². The monoisotopic (exact) mass is 456 g/mol. The Morgan fingerprint density at radius 3 is 2.85 bits per heavy atom. The van der Waals surface area contributed by atoms with Gasteiger partial charge < -0.3 is 15.8 Å². The Balaban J connectivity index is 1.42. The van der Waals surface area contributed by atoms with Gasteiger partial charge in [-0.25, -0.2) is 4.99 Å². The summed E-state index contributed by atoms with van der Waals surface area (Å²) >= 11 is 0. The normalized spacial score (nSPS) is 26.8. The van der Waals surface area contributed by atoms with E-state index in [0.717, 1.165) is 36.8 Å². The van der Waals surface area contributed by atoms with Crippen molar-refractivity contribution in [1.82, 2.24) is 10.2 Å². The first kappa shape index (κ1) is 21.0. The van der Waals surface area contributed by atoms with Gasteiger partial charge in [0.25, 0.3) is 5.91 Å². The van der Waals surface area contributed by atoms with Crippen molar-refractivity contribution < 1.29 is 14.3 Å². The molecule has 0 fully saturated rings. The minimum atomic E-state index is -0.290. The number of ether oxygens (including phenoxy) is 1. The molecule has 3 N–H and O–H groups in total. The third kappa shape index (κ3) is 3.65. The third-order valence-corrected chi connectivity index (χ3v) is 7.36. The summed E-state index contributed by atoms with van der Waals surface area (Å²) in [7, 11) is 0. The Morgan fingerprint density at radius 2 is 1.97 bits per heavy atom. The number of fused-ring (bicyclic) bond motifs is 4. The van der Waals surface area contributed by atoms with Crippen LogP contribution in [0.5, 0.6) is 5.75 Å². The van der Waals surface area contributed by atoms with Gasteiger partial charge in [-0.05, 0) is 66.6 Å². The van der Waals surface area contributed by atoms with Gasteiger partial charge in [0.15, 0.2) is 5.96 Å². The van der Waals surface area contributed by atoms with E-state index in [-0.39, 0.29) is 35.9 Å². The average Bonchev–Trinajstić information content (AvgIpc) is 3.22. The number of carbonyl (C=O) groups is 2. The molecule has 1 aliphatic carbocycles. The highest BCUT2D eigenvalue weighted by molar-refractivity contribution is 5.99. The molecular weight excluding hydrogens is 428 g/mol. The molecule has 5 aliphatic rings. The lowest BCUT2D eigenvalue weighted by Crippen LogP contribution is -2.50. The van der Waals surface area contributed by atoms with Gasteiger partial charge in [0.05, 0.1) is 24.7 Å². The molecule has 2 unspecified atom stereocenters. The van der Waals surface area contributed by atoms with Gasteiger partial charge >= 0.3 is 0 Å². The number of amides is 2. The summed E-state index contributed by atoms with van der Waals surface area (Å²) < 4.78 is 5.85. The number of nitrogens with two attached hydrogens (primary N) is 1. The van der Waals surface area contributed by atoms with E-state index in [1.165, 1.54) is 11.1 Å². The summed E-state index contributed by atoms with van der Waals surface area (Å²) in [4.78, 5) is 32.7. The molecule has 2 aromatic rings. The zero-order valence-electron chi connectivity index (χ0n) is 19.0. The number of hydrogen-bond acceptors (Lipinski definition) is 5. The van der Waals surface area contributed by atoms with Gasteiger partial charge in [0.1, 0.15) is 5.75 Å². The van der Waals surface area contributed by atoms with E-state index < -0.39 is 0 Å². The van der Waals surface area contributed by atoms with E-state index in [2.05, 4.69) is 40.7 Å². The van der Waals surface area contributed by atoms with E-state index >= 15 is 0 Å². The lowest BCUT2D eigenvalue weighted by Gasteiger charge is -2.38. The highest BCUT2D eigenvalue weighted by atomic mass is 16.5. The number of aryl methyl sites for hydroxylation is 1. The summed E-state index contributed by atoms with van der Waals surface area (Å²) in [6.45, 7) is 0.482. The molecule has 174 valence electrons. The molecule has 7 heteroatoms. The van der Waals surface area contributed by atoms with Crippen molar-refractivity contribution in [1.29, 1.82) is 0 Å². The number of aliphatic imine (C=N–C) groups is 1. The molecule has 6 bridgehead atoms. The molecule has 0 spiro atoms. The maximum Gasteiger partial charge on any atom is 0.251 e. The number of nitrogens with zero attached hydrogens (tertiary/aromatic N) is 2. The Labute approximate surface area is 198 Å². The van der Waals surface area contributed by atoms with Gasteiger partial charge in [-0.3, -0.25) is 14.5 Å². The summed E-state index contributed by atoms with van der Waals surface area (Å²) in [6, 6.07) is 11.5. The largest absolute Gasteiger partial charge is 0.493 e. The molecule has 0 aromatic heterocycles. The molecule has 0 radical (unpaired) electrons. The van der Waals surface area contributed by atoms with Crippen LogP contribution in [0.4, 0.5) is 0 Å². The van der Waals surface area contributed by atoms with Crippen molar-refractivity contribution in [3.8, 4) is 5.75 Å². The Kier molecular flexibility index (Phi) is 5.12. The van der Waals surface area contributed by atoms with Crippen LogP contribution < -0.4 is 15.8 Å². The summed E-state index contributed by atoms with van der Waals surface area (Å²) in [5, 5.41) is 3.23. The van der Waals surface area contributed by atoms with Crippen LogP contribution in [0.2, 0.25) is 0 Å². The minimum Gasteiger partial charge on any atom is -0.493 e. The smallest absolute Gasteiger partial charge is 0.251 e. The molecule has 2 aromatic carbocycles. The first-order chi connectivity index (χ1) is 16.6. The number of guanidine groups is 1. The lowest BCUT2D eigenvalue weighted by atomic mass is 9.94. The van der Waals surface area contributed by atoms with E-state index in [0.29, 0.717) is 30.8 Å². The molecule has 2 amide bonds. The maximum absolute atomic E-state index is 13.3. The maximum atomic E-state index is 13.3. The second kappa shape index (κ2) is 8.31. The first-order valence-electron chi connectivity index (χ1n) is 12.1. The topological polar surface area (TPSA) is 97.0 Å². The quantitative estimate of drug-likeness (QED) is 0.632. The fourth-order valence-electron chi connectivity index (χ4n) is 5.63. The van der Waals surface area contributed by atoms with Crippen LogP contribution in [0.25, 0.3) is 6.08 Å². The van der Waals surface area contributed by atoms with Gasteiger partial charge in [0, 0.05) is 24.0 Å². The van der Waals surface area contributed by atoms with Crippen molar-refractivity contribution in [3.05, 3.63) is 70.3 Å². The summed E-state index contributed by atoms with van der Waals surface area (Å²) in [5.74, 6) is 0.788. The van der Waals surface area contributed by atoms with Crippen molar-refractivity contribution in [2.75, 3.05) is 6.61 Å². The number of hydrogen-bond donors (Lipinski definition) is 2. The van der Waals surface area contributed by atoms with Crippen molar-refractivity contribution in [3.63, 3.8) is 0 Å². The number of benzene rings is 2. The molecular formula is C27H28N4O3. The highest BCUT2D eigenvalue weighted by Gasteiger charge is 2.37. The van der Waals surface area contributed by atoms with Crippen LogP contribution in [0.3, 0.4) is 0 Å². The second-order valence-electron chi connectivity index (χ2n) is 9.52. The zero-order valence-corrected chi connectivity index (χ0v) is 19.0. The molecule has 0 saturated heterocycles. The van der Waals surface area contributed by atoms with Gasteiger partial charge in [-0.15, -0.1) is 0 Å². The predicted octanol–water partition coefficient (Wildman–Crippen LogP) is 3.65. The van der Waals surface area contributed by atoms with Gasteiger partial charge in [0.2, 0.25) is 5.91 Å². The van der Waals surface area contributed by atoms with E-state index in [4.69, 9.17) is 10.5 Å². The lowest BCUT2D eigenvalue weighted by molar-refractivity contribution is -0.130. The molecule has 7 nitrogen and oxygen atoms in total. The van der Waals surface area contributed by atoms with Crippen LogP contribution in [0.15, 0.2) is 47.5 Å². The fraction of sp³-hybridized carbons (Fsp3) is 0.370. The Hall–Kier alpha value is -3.61. The van der Waals surface area contributed by atoms with E-state index in [1.54, 1.807) is 11.0 Å². The zero-order chi connectivity index (χ0) is 23.2. The van der Waals surface area contributed by atoms with Crippen LogP contribution in [-0.2, 0) is 11.2 Å². The van der Waals surface area contributed by atoms with E-state index in [9.17, 15) is 9.59 Å². The van der Waals surface area contributed by atoms with Crippen molar-refractivity contribution in [2.45, 2.75) is 56.7 Å². The summed E-state index contributed by atoms with van der Waals surface area (Å²) in [5.41, 5.74) is 11.3. The van der Waals surface area contributed by atoms with Gasteiger partial charge in [-0.2, -0.15) is 0 Å². The van der Waals surface area contributed by atoms with E-state index in [1.807, 2.05) is 12.1 Å². The Bertz CT molecular complexity index is 1230. The molecule has 0 saturated carbocycles. The van der Waals surface area contributed by atoms with Crippen LogP contribution in [-0.4, -0.2) is 35.3 Å². The third-order valence-electron chi connectivity index (χ3n) is 7.36. The first-order valence-corrected chi connectivity index (χ1v) is 12.1. The van der Waals surface area contributed by atoms with Gasteiger partial charge in [-0.1, -0.05) is 24.3 Å². The van der Waals surface area contributed by atoms with Crippen LogP contribution in [0, 0.1) is 0 Å². The minimum absolute atomic E-state index is 0.0121. The molecule has 34 heavy (non-hydrogen) atoms. The summed E-state index contributed by atoms with van der Waals surface area (Å²) in [6.07, 6.45) is 8.61. The number of allylic oxidation sites excluding steroid dienone is 1. The number of rotatable bonds is 0. The molecule has 4 aliphatic heterocycles. The molecule has 3 atom stereocenters. The number of nitrogens with one attached hydrogen (secondary N) is 1. The average molecular weight is 457 g/mol. The molecule has 4 heterocycles.